The minimum atomic E-state index is -0.701. The molecule has 0 heterocycles. The van der Waals surface area contributed by atoms with E-state index in [1.807, 2.05) is 19.2 Å². The van der Waals surface area contributed by atoms with Gasteiger partial charge >= 0.3 is 5.97 Å². The maximum absolute atomic E-state index is 11.1. The number of hydrogen-bond donors (Lipinski definition) is 2. The summed E-state index contributed by atoms with van der Waals surface area (Å²) in [4.78, 5) is 11.1. The largest absolute Gasteiger partial charge is 0.481 e. The Hall–Kier alpha value is -1.51. The van der Waals surface area contributed by atoms with Gasteiger partial charge in [-0.2, -0.15) is 0 Å². The smallest absolute Gasteiger partial charge is 0.310 e. The van der Waals surface area contributed by atoms with E-state index in [2.05, 4.69) is 11.4 Å². The van der Waals surface area contributed by atoms with Crippen molar-refractivity contribution in [3.05, 3.63) is 29.3 Å². The molecule has 2 rings (SSSR count). The number of carboxylic acids is 1. The van der Waals surface area contributed by atoms with Crippen LogP contribution in [0.2, 0.25) is 0 Å². The Labute approximate surface area is 89.1 Å². The number of rotatable bonds is 2. The molecular weight excluding hydrogens is 190 g/mol. The van der Waals surface area contributed by atoms with Crippen LogP contribution >= 0.6 is 0 Å². The molecule has 15 heavy (non-hydrogen) atoms. The van der Waals surface area contributed by atoms with Crippen LogP contribution in [0.25, 0.3) is 0 Å². The minimum absolute atomic E-state index is 0.306. The molecule has 2 N–H and O–H groups in total. The number of aryl methyl sites for hydroxylation is 1. The maximum Gasteiger partial charge on any atom is 0.310 e. The van der Waals surface area contributed by atoms with Crippen LogP contribution in [0, 0.1) is 0 Å². The highest BCUT2D eigenvalue weighted by molar-refractivity contribution is 5.77. The second-order valence-electron chi connectivity index (χ2n) is 3.95. The third-order valence-electron chi connectivity index (χ3n) is 3.04. The first-order valence-corrected chi connectivity index (χ1v) is 5.25. The molecular formula is C12H15NO2. The van der Waals surface area contributed by atoms with Crippen LogP contribution in [0.5, 0.6) is 0 Å². The summed E-state index contributed by atoms with van der Waals surface area (Å²) in [6.07, 6.45) is 2.73. The first-order chi connectivity index (χ1) is 7.22. The van der Waals surface area contributed by atoms with Crippen LogP contribution in [0.4, 0.5) is 5.69 Å². The number of carbonyl (C=O) groups is 1. The highest BCUT2D eigenvalue weighted by Crippen LogP contribution is 2.33. The fourth-order valence-electron chi connectivity index (χ4n) is 2.23. The fourth-order valence-corrected chi connectivity index (χ4v) is 2.23. The molecule has 1 aliphatic rings. The van der Waals surface area contributed by atoms with Crippen LogP contribution < -0.4 is 5.32 Å². The van der Waals surface area contributed by atoms with Crippen molar-refractivity contribution in [2.24, 2.45) is 0 Å². The van der Waals surface area contributed by atoms with Crippen LogP contribution in [0.1, 0.15) is 29.9 Å². The highest BCUT2D eigenvalue weighted by atomic mass is 16.4. The van der Waals surface area contributed by atoms with Gasteiger partial charge in [0.1, 0.15) is 0 Å². The minimum Gasteiger partial charge on any atom is -0.481 e. The van der Waals surface area contributed by atoms with Crippen LogP contribution in [-0.2, 0) is 11.2 Å². The lowest BCUT2D eigenvalue weighted by Gasteiger charge is -2.22. The molecule has 0 amide bonds. The molecule has 0 aromatic heterocycles. The summed E-state index contributed by atoms with van der Waals surface area (Å²) in [6.45, 7) is 0. The molecule has 0 radical (unpaired) electrons. The molecule has 1 aromatic rings. The zero-order valence-electron chi connectivity index (χ0n) is 8.79. The molecule has 1 unspecified atom stereocenters. The lowest BCUT2D eigenvalue weighted by atomic mass is 9.82. The molecule has 0 fully saturated rings. The highest BCUT2D eigenvalue weighted by Gasteiger charge is 2.25. The Morgan fingerprint density at radius 1 is 1.53 bits per heavy atom. The molecule has 1 aromatic carbocycles. The van der Waals surface area contributed by atoms with E-state index in [1.54, 1.807) is 0 Å². The van der Waals surface area contributed by atoms with E-state index in [-0.39, 0.29) is 5.92 Å². The summed E-state index contributed by atoms with van der Waals surface area (Å²) in [7, 11) is 1.87. The predicted molar refractivity (Wildman–Crippen MR) is 59.3 cm³/mol. The van der Waals surface area contributed by atoms with Crippen LogP contribution in [-0.4, -0.2) is 18.1 Å². The Balaban J connectivity index is 2.40. The van der Waals surface area contributed by atoms with Crippen molar-refractivity contribution in [3.63, 3.8) is 0 Å². The number of aliphatic carboxylic acids is 1. The summed E-state index contributed by atoms with van der Waals surface area (Å²) in [5.41, 5.74) is 3.23. The van der Waals surface area contributed by atoms with Crippen LogP contribution in [0.15, 0.2) is 18.2 Å². The van der Waals surface area contributed by atoms with Gasteiger partial charge in [-0.15, -0.1) is 0 Å². The van der Waals surface area contributed by atoms with Gasteiger partial charge in [0.2, 0.25) is 0 Å². The van der Waals surface area contributed by atoms with Gasteiger partial charge in [0, 0.05) is 12.7 Å². The van der Waals surface area contributed by atoms with Gasteiger partial charge in [0.15, 0.2) is 0 Å². The van der Waals surface area contributed by atoms with Crippen molar-refractivity contribution >= 4 is 11.7 Å². The predicted octanol–water partition coefficient (Wildman–Crippen LogP) is 2.23. The number of benzene rings is 1. The third-order valence-corrected chi connectivity index (χ3v) is 3.04. The molecule has 0 bridgehead atoms. The first kappa shape index (κ1) is 10.0. The Morgan fingerprint density at radius 2 is 2.33 bits per heavy atom. The van der Waals surface area contributed by atoms with E-state index < -0.39 is 5.97 Å². The average molecular weight is 205 g/mol. The SMILES string of the molecule is CNc1ccc2c(c1)CCCC2C(=O)O. The number of hydrogen-bond acceptors (Lipinski definition) is 2. The van der Waals surface area contributed by atoms with Crippen molar-refractivity contribution in [1.29, 1.82) is 0 Å². The standard InChI is InChI=1S/C12H15NO2/c1-13-9-5-6-10-8(7-9)3-2-4-11(10)12(14)15/h5-7,11,13H,2-4H2,1H3,(H,14,15). The summed E-state index contributed by atoms with van der Waals surface area (Å²) >= 11 is 0. The molecule has 3 nitrogen and oxygen atoms in total. The second kappa shape index (κ2) is 3.93. The Morgan fingerprint density at radius 3 is 3.00 bits per heavy atom. The van der Waals surface area contributed by atoms with Gasteiger partial charge in [-0.1, -0.05) is 6.07 Å². The first-order valence-electron chi connectivity index (χ1n) is 5.25. The van der Waals surface area contributed by atoms with Crippen molar-refractivity contribution in [2.45, 2.75) is 25.2 Å². The normalized spacial score (nSPS) is 19.4. The summed E-state index contributed by atoms with van der Waals surface area (Å²) in [5.74, 6) is -1.01. The third kappa shape index (κ3) is 1.82. The van der Waals surface area contributed by atoms with Gasteiger partial charge in [-0.05, 0) is 42.5 Å². The van der Waals surface area contributed by atoms with Gasteiger partial charge in [0.05, 0.1) is 5.92 Å². The summed E-state index contributed by atoms with van der Waals surface area (Å²) in [5, 5.41) is 12.2. The lowest BCUT2D eigenvalue weighted by molar-refractivity contribution is -0.139. The monoisotopic (exact) mass is 205 g/mol. The molecule has 0 aliphatic heterocycles. The number of nitrogens with one attached hydrogen (secondary N) is 1. The van der Waals surface area contributed by atoms with Gasteiger partial charge in [0.25, 0.3) is 0 Å². The zero-order valence-corrected chi connectivity index (χ0v) is 8.79. The molecule has 80 valence electrons. The summed E-state index contributed by atoms with van der Waals surface area (Å²) in [6, 6.07) is 5.95. The molecule has 0 saturated heterocycles. The molecule has 3 heteroatoms. The average Bonchev–Trinajstić information content (AvgIpc) is 2.27. The summed E-state index contributed by atoms with van der Waals surface area (Å²) < 4.78 is 0. The second-order valence-corrected chi connectivity index (χ2v) is 3.95. The lowest BCUT2D eigenvalue weighted by Crippen LogP contribution is -2.18. The fraction of sp³-hybridized carbons (Fsp3) is 0.417. The van der Waals surface area contributed by atoms with Crippen molar-refractivity contribution < 1.29 is 9.90 Å². The maximum atomic E-state index is 11.1. The van der Waals surface area contributed by atoms with E-state index in [9.17, 15) is 4.79 Å². The molecule has 0 saturated carbocycles. The van der Waals surface area contributed by atoms with Crippen molar-refractivity contribution in [1.82, 2.24) is 0 Å². The Kier molecular flexibility index (Phi) is 2.62. The molecule has 0 spiro atoms. The number of anilines is 1. The van der Waals surface area contributed by atoms with E-state index in [4.69, 9.17) is 5.11 Å². The number of carboxylic acid groups (broad SMARTS) is 1. The Bertz CT molecular complexity index is 387. The van der Waals surface area contributed by atoms with Gasteiger partial charge < -0.3 is 10.4 Å². The van der Waals surface area contributed by atoms with Crippen molar-refractivity contribution in [3.8, 4) is 0 Å². The topological polar surface area (TPSA) is 49.3 Å². The zero-order chi connectivity index (χ0) is 10.8. The van der Waals surface area contributed by atoms with E-state index >= 15 is 0 Å². The van der Waals surface area contributed by atoms with Gasteiger partial charge in [-0.25, -0.2) is 0 Å². The van der Waals surface area contributed by atoms with E-state index in [1.165, 1.54) is 5.56 Å². The van der Waals surface area contributed by atoms with Gasteiger partial charge in [-0.3, -0.25) is 4.79 Å². The van der Waals surface area contributed by atoms with E-state index in [0.717, 1.165) is 30.5 Å². The quantitative estimate of drug-likeness (QED) is 0.778. The number of fused-ring (bicyclic) bond motifs is 1. The molecule has 1 atom stereocenters. The molecule has 1 aliphatic carbocycles. The van der Waals surface area contributed by atoms with Crippen LogP contribution in [0.3, 0.4) is 0 Å². The van der Waals surface area contributed by atoms with E-state index in [0.29, 0.717) is 0 Å². The van der Waals surface area contributed by atoms with Crippen molar-refractivity contribution in [2.75, 3.05) is 12.4 Å².